The Balaban J connectivity index is 2.66. The quantitative estimate of drug-likeness (QED) is 0.819. The minimum absolute atomic E-state index is 0.0471. The predicted octanol–water partition coefficient (Wildman–Crippen LogP) is 1.01. The molecule has 84 valence electrons. The molecule has 0 aliphatic heterocycles. The number of nitrogens with one attached hydrogen (secondary N) is 1. The Kier molecular flexibility index (Phi) is 3.65. The molecule has 0 bridgehead atoms. The van der Waals surface area contributed by atoms with Crippen molar-refractivity contribution in [3.63, 3.8) is 0 Å². The van der Waals surface area contributed by atoms with E-state index in [1.54, 1.807) is 4.57 Å². The molecule has 0 radical (unpaired) electrons. The summed E-state index contributed by atoms with van der Waals surface area (Å²) in [5, 5.41) is 20.9. The van der Waals surface area contributed by atoms with Gasteiger partial charge in [-0.2, -0.15) is 10.5 Å². The third-order valence-corrected chi connectivity index (χ3v) is 2.06. The Hall–Kier alpha value is -1.85. The van der Waals surface area contributed by atoms with Crippen molar-refractivity contribution in [2.75, 3.05) is 6.54 Å². The average Bonchev–Trinajstić information content (AvgIpc) is 2.58. The summed E-state index contributed by atoms with van der Waals surface area (Å²) in [4.78, 5) is 3.87. The second kappa shape index (κ2) is 4.78. The highest BCUT2D eigenvalue weighted by molar-refractivity contribution is 5.35. The molecule has 1 rings (SSSR count). The molecule has 1 aromatic rings. The van der Waals surface area contributed by atoms with Crippen molar-refractivity contribution >= 4 is 0 Å². The highest BCUT2D eigenvalue weighted by atomic mass is 15.1. The lowest BCUT2D eigenvalue weighted by atomic mass is 10.1. The number of nitriles is 2. The zero-order valence-electron chi connectivity index (χ0n) is 9.78. The predicted molar refractivity (Wildman–Crippen MR) is 59.4 cm³/mol. The number of hydrogen-bond donors (Lipinski definition) is 1. The third-order valence-electron chi connectivity index (χ3n) is 2.06. The van der Waals surface area contributed by atoms with E-state index in [0.717, 1.165) is 6.54 Å². The fraction of sp³-hybridized carbons (Fsp3) is 0.545. The van der Waals surface area contributed by atoms with Gasteiger partial charge in [0.15, 0.2) is 11.4 Å². The van der Waals surface area contributed by atoms with Crippen LogP contribution in [0.2, 0.25) is 0 Å². The van der Waals surface area contributed by atoms with Crippen LogP contribution >= 0.6 is 0 Å². The van der Waals surface area contributed by atoms with Crippen LogP contribution in [0.4, 0.5) is 0 Å². The second-order valence-corrected chi connectivity index (χ2v) is 4.54. The van der Waals surface area contributed by atoms with Crippen molar-refractivity contribution in [2.45, 2.75) is 32.9 Å². The first kappa shape index (κ1) is 12.2. The third kappa shape index (κ3) is 3.08. The molecule has 0 atom stereocenters. The van der Waals surface area contributed by atoms with Crippen molar-refractivity contribution in [2.24, 2.45) is 0 Å². The van der Waals surface area contributed by atoms with Gasteiger partial charge >= 0.3 is 0 Å². The topological polar surface area (TPSA) is 77.4 Å². The number of imidazole rings is 1. The van der Waals surface area contributed by atoms with Crippen LogP contribution in [0.25, 0.3) is 0 Å². The minimum Gasteiger partial charge on any atom is -0.320 e. The van der Waals surface area contributed by atoms with Crippen LogP contribution < -0.4 is 5.32 Å². The molecule has 0 fully saturated rings. The highest BCUT2D eigenvalue weighted by Gasteiger charge is 2.11. The minimum atomic E-state index is 0.0471. The van der Waals surface area contributed by atoms with Crippen molar-refractivity contribution in [1.82, 2.24) is 14.9 Å². The number of aromatic nitrogens is 2. The maximum absolute atomic E-state index is 8.90. The van der Waals surface area contributed by atoms with Gasteiger partial charge in [0.25, 0.3) is 0 Å². The van der Waals surface area contributed by atoms with Gasteiger partial charge in [0.1, 0.15) is 12.1 Å². The Bertz CT molecular complexity index is 438. The summed E-state index contributed by atoms with van der Waals surface area (Å²) in [6.45, 7) is 7.60. The summed E-state index contributed by atoms with van der Waals surface area (Å²) in [6, 6.07) is 3.89. The first-order valence-corrected chi connectivity index (χ1v) is 5.08. The van der Waals surface area contributed by atoms with Gasteiger partial charge in [-0.3, -0.25) is 0 Å². The molecule has 5 nitrogen and oxygen atoms in total. The Morgan fingerprint density at radius 1 is 1.38 bits per heavy atom. The SMILES string of the molecule is CC(C)(C)NCCn1cnc(C#N)c1C#N. The summed E-state index contributed by atoms with van der Waals surface area (Å²) in [5.74, 6) is 0. The second-order valence-electron chi connectivity index (χ2n) is 4.54. The van der Waals surface area contributed by atoms with E-state index in [4.69, 9.17) is 10.5 Å². The molecular formula is C11H15N5. The van der Waals surface area contributed by atoms with Crippen molar-refractivity contribution < 1.29 is 0 Å². The van der Waals surface area contributed by atoms with Crippen molar-refractivity contribution in [1.29, 1.82) is 10.5 Å². The molecule has 0 spiro atoms. The summed E-state index contributed by atoms with van der Waals surface area (Å²) in [5.41, 5.74) is 0.572. The molecule has 0 aliphatic carbocycles. The lowest BCUT2D eigenvalue weighted by molar-refractivity contribution is 0.412. The van der Waals surface area contributed by atoms with Gasteiger partial charge < -0.3 is 9.88 Å². The molecule has 0 saturated heterocycles. The van der Waals surface area contributed by atoms with Crippen LogP contribution in [0.15, 0.2) is 6.33 Å². The van der Waals surface area contributed by atoms with E-state index in [0.29, 0.717) is 12.2 Å². The zero-order chi connectivity index (χ0) is 12.2. The van der Waals surface area contributed by atoms with Gasteiger partial charge in [0.05, 0.1) is 6.33 Å². The van der Waals surface area contributed by atoms with E-state index in [1.165, 1.54) is 6.33 Å². The monoisotopic (exact) mass is 217 g/mol. The smallest absolute Gasteiger partial charge is 0.176 e. The first-order chi connectivity index (χ1) is 7.48. The van der Waals surface area contributed by atoms with Crippen LogP contribution in [0.5, 0.6) is 0 Å². The summed E-state index contributed by atoms with van der Waals surface area (Å²) < 4.78 is 1.69. The van der Waals surface area contributed by atoms with Crippen LogP contribution in [0.3, 0.4) is 0 Å². The fourth-order valence-corrected chi connectivity index (χ4v) is 1.30. The molecular weight excluding hydrogens is 202 g/mol. The maximum atomic E-state index is 8.90. The largest absolute Gasteiger partial charge is 0.320 e. The van der Waals surface area contributed by atoms with Gasteiger partial charge in [-0.1, -0.05) is 0 Å². The van der Waals surface area contributed by atoms with Gasteiger partial charge in [0.2, 0.25) is 0 Å². The highest BCUT2D eigenvalue weighted by Crippen LogP contribution is 2.05. The molecule has 0 saturated carbocycles. The van der Waals surface area contributed by atoms with E-state index < -0.39 is 0 Å². The molecule has 1 heterocycles. The lowest BCUT2D eigenvalue weighted by Crippen LogP contribution is -2.37. The normalized spacial score (nSPS) is 10.8. The first-order valence-electron chi connectivity index (χ1n) is 5.08. The van der Waals surface area contributed by atoms with Gasteiger partial charge in [-0.25, -0.2) is 4.98 Å². The van der Waals surface area contributed by atoms with Gasteiger partial charge in [-0.05, 0) is 20.8 Å². The van der Waals surface area contributed by atoms with E-state index in [9.17, 15) is 0 Å². The summed E-state index contributed by atoms with van der Waals surface area (Å²) >= 11 is 0. The molecule has 0 unspecified atom stereocenters. The maximum Gasteiger partial charge on any atom is 0.176 e. The Morgan fingerprint density at radius 3 is 2.56 bits per heavy atom. The molecule has 16 heavy (non-hydrogen) atoms. The summed E-state index contributed by atoms with van der Waals surface area (Å²) in [6.07, 6.45) is 1.53. The van der Waals surface area contributed by atoms with Crippen molar-refractivity contribution in [3.8, 4) is 12.1 Å². The summed E-state index contributed by atoms with van der Waals surface area (Å²) in [7, 11) is 0. The average molecular weight is 217 g/mol. The van der Waals surface area contributed by atoms with Crippen molar-refractivity contribution in [3.05, 3.63) is 17.7 Å². The standard InChI is InChI=1S/C11H15N5/c1-11(2,3)15-4-5-16-8-14-9(6-12)10(16)7-13/h8,15H,4-5H2,1-3H3. The molecule has 1 N–H and O–H groups in total. The van der Waals surface area contributed by atoms with Gasteiger partial charge in [0, 0.05) is 18.6 Å². The van der Waals surface area contributed by atoms with E-state index in [2.05, 4.69) is 31.1 Å². The number of nitrogens with zero attached hydrogens (tertiary/aromatic N) is 4. The lowest BCUT2D eigenvalue weighted by Gasteiger charge is -2.20. The molecule has 0 aromatic carbocycles. The van der Waals surface area contributed by atoms with Crippen LogP contribution in [0.1, 0.15) is 32.2 Å². The molecule has 0 amide bonds. The van der Waals surface area contributed by atoms with Crippen LogP contribution in [-0.4, -0.2) is 21.6 Å². The van der Waals surface area contributed by atoms with E-state index in [-0.39, 0.29) is 11.2 Å². The molecule has 5 heteroatoms. The van der Waals surface area contributed by atoms with Crippen LogP contribution in [0, 0.1) is 22.7 Å². The number of rotatable bonds is 3. The van der Waals surface area contributed by atoms with E-state index >= 15 is 0 Å². The Labute approximate surface area is 95.3 Å². The molecule has 0 aliphatic rings. The molecule has 1 aromatic heterocycles. The Morgan fingerprint density at radius 2 is 2.06 bits per heavy atom. The number of hydrogen-bond acceptors (Lipinski definition) is 4. The van der Waals surface area contributed by atoms with Gasteiger partial charge in [-0.15, -0.1) is 0 Å². The zero-order valence-corrected chi connectivity index (χ0v) is 9.78. The van der Waals surface area contributed by atoms with Crippen LogP contribution in [-0.2, 0) is 6.54 Å². The fourth-order valence-electron chi connectivity index (χ4n) is 1.30. The van der Waals surface area contributed by atoms with E-state index in [1.807, 2.05) is 12.1 Å².